The fourth-order valence-electron chi connectivity index (χ4n) is 3.23. The number of anilines is 1. The number of rotatable bonds is 2. The molecule has 120 valence electrons. The zero-order valence-corrected chi connectivity index (χ0v) is 13.8. The standard InChI is InChI=1S/C16H25N5O/c1-4-15(22)21-6-5-14-13(11-21)16(18-12(2)17-14)20-9-7-19(3)8-10-20/h4-11H2,1-3H3. The molecule has 2 aliphatic heterocycles. The quantitative estimate of drug-likeness (QED) is 0.810. The minimum Gasteiger partial charge on any atom is -0.354 e. The van der Waals surface area contributed by atoms with Crippen molar-refractivity contribution in [3.05, 3.63) is 17.1 Å². The topological polar surface area (TPSA) is 52.6 Å². The maximum absolute atomic E-state index is 12.0. The lowest BCUT2D eigenvalue weighted by Crippen LogP contribution is -2.46. The fraction of sp³-hybridized carbons (Fsp3) is 0.688. The van der Waals surface area contributed by atoms with E-state index in [0.717, 1.165) is 62.0 Å². The van der Waals surface area contributed by atoms with Gasteiger partial charge in [-0.2, -0.15) is 0 Å². The Labute approximate surface area is 132 Å². The second kappa shape index (κ2) is 6.20. The second-order valence-electron chi connectivity index (χ2n) is 6.23. The number of aromatic nitrogens is 2. The minimum absolute atomic E-state index is 0.218. The van der Waals surface area contributed by atoms with E-state index >= 15 is 0 Å². The van der Waals surface area contributed by atoms with Crippen LogP contribution in [0.3, 0.4) is 0 Å². The van der Waals surface area contributed by atoms with E-state index in [1.807, 2.05) is 18.7 Å². The maximum Gasteiger partial charge on any atom is 0.222 e. The molecule has 6 nitrogen and oxygen atoms in total. The van der Waals surface area contributed by atoms with E-state index in [2.05, 4.69) is 21.8 Å². The van der Waals surface area contributed by atoms with E-state index in [1.54, 1.807) is 0 Å². The van der Waals surface area contributed by atoms with Gasteiger partial charge in [0.15, 0.2) is 0 Å². The van der Waals surface area contributed by atoms with Gasteiger partial charge >= 0.3 is 0 Å². The number of nitrogens with zero attached hydrogens (tertiary/aromatic N) is 5. The molecule has 0 spiro atoms. The lowest BCUT2D eigenvalue weighted by atomic mass is 10.0. The first kappa shape index (κ1) is 15.2. The molecule has 1 fully saturated rings. The van der Waals surface area contributed by atoms with Crippen molar-refractivity contribution >= 4 is 11.7 Å². The Hall–Kier alpha value is -1.69. The van der Waals surface area contributed by atoms with Gasteiger partial charge in [0.2, 0.25) is 5.91 Å². The number of fused-ring (bicyclic) bond motifs is 1. The molecule has 1 amide bonds. The maximum atomic E-state index is 12.0. The molecule has 1 aromatic heterocycles. The highest BCUT2D eigenvalue weighted by Gasteiger charge is 2.27. The van der Waals surface area contributed by atoms with E-state index in [-0.39, 0.29) is 5.91 Å². The van der Waals surface area contributed by atoms with Gasteiger partial charge in [-0.3, -0.25) is 4.79 Å². The third kappa shape index (κ3) is 2.92. The van der Waals surface area contributed by atoms with Gasteiger partial charge in [0.25, 0.3) is 0 Å². The van der Waals surface area contributed by atoms with Crippen LogP contribution >= 0.6 is 0 Å². The van der Waals surface area contributed by atoms with Gasteiger partial charge in [-0.15, -0.1) is 0 Å². The molecule has 3 rings (SSSR count). The Morgan fingerprint density at radius 3 is 2.55 bits per heavy atom. The zero-order chi connectivity index (χ0) is 15.7. The molecule has 3 heterocycles. The summed E-state index contributed by atoms with van der Waals surface area (Å²) >= 11 is 0. The molecule has 0 unspecified atom stereocenters. The summed E-state index contributed by atoms with van der Waals surface area (Å²) in [6, 6.07) is 0. The summed E-state index contributed by atoms with van der Waals surface area (Å²) in [5, 5.41) is 0. The van der Waals surface area contributed by atoms with Crippen molar-refractivity contribution in [3.63, 3.8) is 0 Å². The van der Waals surface area contributed by atoms with Gasteiger partial charge in [0.1, 0.15) is 11.6 Å². The number of amides is 1. The number of carbonyl (C=O) groups excluding carboxylic acids is 1. The van der Waals surface area contributed by atoms with Gasteiger partial charge < -0.3 is 14.7 Å². The van der Waals surface area contributed by atoms with Crippen LogP contribution in [0.15, 0.2) is 0 Å². The highest BCUT2D eigenvalue weighted by Crippen LogP contribution is 2.27. The van der Waals surface area contributed by atoms with Gasteiger partial charge in [0.05, 0.1) is 12.2 Å². The summed E-state index contributed by atoms with van der Waals surface area (Å²) in [6.45, 7) is 9.39. The molecular weight excluding hydrogens is 278 g/mol. The molecule has 0 aliphatic carbocycles. The summed E-state index contributed by atoms with van der Waals surface area (Å²) in [4.78, 5) is 28.0. The van der Waals surface area contributed by atoms with Crippen LogP contribution in [0.25, 0.3) is 0 Å². The summed E-state index contributed by atoms with van der Waals surface area (Å²) in [7, 11) is 2.15. The van der Waals surface area contributed by atoms with Gasteiger partial charge in [-0.25, -0.2) is 9.97 Å². The lowest BCUT2D eigenvalue weighted by Gasteiger charge is -2.37. The van der Waals surface area contributed by atoms with Crippen molar-refractivity contribution in [2.24, 2.45) is 0 Å². The van der Waals surface area contributed by atoms with E-state index in [4.69, 9.17) is 4.98 Å². The van der Waals surface area contributed by atoms with Crippen molar-refractivity contribution in [2.75, 3.05) is 44.7 Å². The predicted octanol–water partition coefficient (Wildman–Crippen LogP) is 0.832. The first-order chi connectivity index (χ1) is 10.6. The average Bonchev–Trinajstić information content (AvgIpc) is 2.53. The molecule has 0 radical (unpaired) electrons. The number of aryl methyl sites for hydroxylation is 1. The molecule has 2 aliphatic rings. The molecule has 1 saturated heterocycles. The van der Waals surface area contributed by atoms with E-state index in [0.29, 0.717) is 13.0 Å². The molecule has 6 heteroatoms. The summed E-state index contributed by atoms with van der Waals surface area (Å²) < 4.78 is 0. The highest BCUT2D eigenvalue weighted by molar-refractivity contribution is 5.76. The van der Waals surface area contributed by atoms with Gasteiger partial charge in [0, 0.05) is 51.1 Å². The van der Waals surface area contributed by atoms with Gasteiger partial charge in [-0.05, 0) is 14.0 Å². The lowest BCUT2D eigenvalue weighted by molar-refractivity contribution is -0.131. The molecule has 0 aromatic carbocycles. The van der Waals surface area contributed by atoms with Crippen molar-refractivity contribution in [3.8, 4) is 0 Å². The smallest absolute Gasteiger partial charge is 0.222 e. The normalized spacial score (nSPS) is 19.2. The SMILES string of the molecule is CCC(=O)N1CCc2nc(C)nc(N3CCN(C)CC3)c2C1. The first-order valence-corrected chi connectivity index (χ1v) is 8.16. The fourth-order valence-corrected chi connectivity index (χ4v) is 3.23. The third-order valence-electron chi connectivity index (χ3n) is 4.61. The summed E-state index contributed by atoms with van der Waals surface area (Å²) in [5.74, 6) is 2.10. The number of piperazine rings is 1. The predicted molar refractivity (Wildman–Crippen MR) is 85.9 cm³/mol. The van der Waals surface area contributed by atoms with Crippen LogP contribution in [0.4, 0.5) is 5.82 Å². The second-order valence-corrected chi connectivity index (χ2v) is 6.23. The van der Waals surface area contributed by atoms with Crippen LogP contribution < -0.4 is 4.90 Å². The molecule has 0 atom stereocenters. The van der Waals surface area contributed by atoms with Crippen LogP contribution in [0.1, 0.15) is 30.4 Å². The van der Waals surface area contributed by atoms with Crippen LogP contribution in [0, 0.1) is 6.92 Å². The van der Waals surface area contributed by atoms with Crippen molar-refractivity contribution in [1.82, 2.24) is 19.8 Å². The number of carbonyl (C=O) groups is 1. The number of likely N-dealkylation sites (N-methyl/N-ethyl adjacent to an activating group) is 1. The third-order valence-corrected chi connectivity index (χ3v) is 4.61. The zero-order valence-electron chi connectivity index (χ0n) is 13.8. The summed E-state index contributed by atoms with van der Waals surface area (Å²) in [6.07, 6.45) is 1.40. The van der Waals surface area contributed by atoms with Crippen molar-refractivity contribution < 1.29 is 4.79 Å². The molecule has 1 aromatic rings. The van der Waals surface area contributed by atoms with Gasteiger partial charge in [-0.1, -0.05) is 6.92 Å². The number of hydrogen-bond acceptors (Lipinski definition) is 5. The Balaban J connectivity index is 1.90. The van der Waals surface area contributed by atoms with E-state index < -0.39 is 0 Å². The molecule has 0 bridgehead atoms. The Bertz CT molecular complexity index is 566. The Kier molecular flexibility index (Phi) is 4.29. The average molecular weight is 303 g/mol. The van der Waals surface area contributed by atoms with E-state index in [1.165, 1.54) is 0 Å². The van der Waals surface area contributed by atoms with Crippen LogP contribution in [-0.4, -0.2) is 65.4 Å². The summed E-state index contributed by atoms with van der Waals surface area (Å²) in [5.41, 5.74) is 2.28. The van der Waals surface area contributed by atoms with Crippen LogP contribution in [-0.2, 0) is 17.8 Å². The Morgan fingerprint density at radius 2 is 1.86 bits per heavy atom. The Morgan fingerprint density at radius 1 is 1.14 bits per heavy atom. The number of hydrogen-bond donors (Lipinski definition) is 0. The first-order valence-electron chi connectivity index (χ1n) is 8.16. The van der Waals surface area contributed by atoms with E-state index in [9.17, 15) is 4.79 Å². The van der Waals surface area contributed by atoms with Crippen LogP contribution in [0.5, 0.6) is 0 Å². The minimum atomic E-state index is 0.218. The monoisotopic (exact) mass is 303 g/mol. The largest absolute Gasteiger partial charge is 0.354 e. The van der Waals surface area contributed by atoms with Crippen molar-refractivity contribution in [1.29, 1.82) is 0 Å². The molecule has 0 N–H and O–H groups in total. The van der Waals surface area contributed by atoms with Crippen molar-refractivity contribution in [2.45, 2.75) is 33.2 Å². The molecule has 22 heavy (non-hydrogen) atoms. The molecule has 0 saturated carbocycles. The molecular formula is C16H25N5O. The van der Waals surface area contributed by atoms with Crippen LogP contribution in [0.2, 0.25) is 0 Å². The highest BCUT2D eigenvalue weighted by atomic mass is 16.2.